The van der Waals surface area contributed by atoms with Crippen LogP contribution < -0.4 is 5.32 Å². The first-order valence-electron chi connectivity index (χ1n) is 6.33. The Labute approximate surface area is 113 Å². The summed E-state index contributed by atoms with van der Waals surface area (Å²) in [5.41, 5.74) is 1.54. The SMILES string of the molecule is CC(C)(CCc1ccccc1)NCc1nccs1. The number of rotatable bonds is 6. The molecule has 0 aliphatic carbocycles. The number of thiazole rings is 1. The molecule has 2 nitrogen and oxygen atoms in total. The average molecular weight is 260 g/mol. The Balaban J connectivity index is 1.80. The second kappa shape index (κ2) is 6.12. The first-order valence-corrected chi connectivity index (χ1v) is 7.21. The lowest BCUT2D eigenvalue weighted by molar-refractivity contribution is 0.360. The van der Waals surface area contributed by atoms with Crippen molar-refractivity contribution in [2.24, 2.45) is 0 Å². The van der Waals surface area contributed by atoms with Crippen LogP contribution in [0.15, 0.2) is 41.9 Å². The van der Waals surface area contributed by atoms with Gasteiger partial charge < -0.3 is 5.32 Å². The average Bonchev–Trinajstić information content (AvgIpc) is 2.89. The van der Waals surface area contributed by atoms with E-state index in [0.717, 1.165) is 24.4 Å². The second-order valence-electron chi connectivity index (χ2n) is 5.15. The molecule has 3 heteroatoms. The molecule has 0 atom stereocenters. The molecule has 0 spiro atoms. The Bertz CT molecular complexity index is 449. The van der Waals surface area contributed by atoms with E-state index in [1.807, 2.05) is 11.6 Å². The van der Waals surface area contributed by atoms with Gasteiger partial charge in [-0.05, 0) is 32.3 Å². The van der Waals surface area contributed by atoms with E-state index in [1.165, 1.54) is 5.56 Å². The van der Waals surface area contributed by atoms with Crippen molar-refractivity contribution in [3.63, 3.8) is 0 Å². The molecule has 0 aliphatic heterocycles. The minimum Gasteiger partial charge on any atom is -0.305 e. The summed E-state index contributed by atoms with van der Waals surface area (Å²) in [4.78, 5) is 4.29. The fraction of sp³-hybridized carbons (Fsp3) is 0.400. The van der Waals surface area contributed by atoms with Gasteiger partial charge in [0.25, 0.3) is 0 Å². The third-order valence-corrected chi connectivity index (χ3v) is 3.86. The lowest BCUT2D eigenvalue weighted by Gasteiger charge is -2.26. The minimum atomic E-state index is 0.140. The number of nitrogens with one attached hydrogen (secondary N) is 1. The molecule has 0 saturated heterocycles. The van der Waals surface area contributed by atoms with Gasteiger partial charge in [0.05, 0.1) is 0 Å². The predicted molar refractivity (Wildman–Crippen MR) is 77.8 cm³/mol. The van der Waals surface area contributed by atoms with E-state index in [2.05, 4.69) is 54.5 Å². The van der Waals surface area contributed by atoms with Crippen LogP contribution in [0.3, 0.4) is 0 Å². The smallest absolute Gasteiger partial charge is 0.106 e. The summed E-state index contributed by atoms with van der Waals surface area (Å²) >= 11 is 1.70. The molecule has 1 aromatic carbocycles. The molecule has 0 bridgehead atoms. The molecule has 0 unspecified atom stereocenters. The fourth-order valence-corrected chi connectivity index (χ4v) is 2.40. The van der Waals surface area contributed by atoms with Crippen LogP contribution in [0.2, 0.25) is 0 Å². The van der Waals surface area contributed by atoms with Crippen molar-refractivity contribution in [3.8, 4) is 0 Å². The van der Waals surface area contributed by atoms with Gasteiger partial charge in [0.2, 0.25) is 0 Å². The third-order valence-electron chi connectivity index (χ3n) is 3.08. The van der Waals surface area contributed by atoms with Gasteiger partial charge >= 0.3 is 0 Å². The Kier molecular flexibility index (Phi) is 4.50. The molecule has 0 aliphatic rings. The largest absolute Gasteiger partial charge is 0.305 e. The van der Waals surface area contributed by atoms with Crippen LogP contribution >= 0.6 is 11.3 Å². The van der Waals surface area contributed by atoms with Crippen molar-refractivity contribution < 1.29 is 0 Å². The number of hydrogen-bond donors (Lipinski definition) is 1. The molecule has 2 aromatic rings. The van der Waals surface area contributed by atoms with E-state index < -0.39 is 0 Å². The summed E-state index contributed by atoms with van der Waals surface area (Å²) in [6, 6.07) is 10.7. The van der Waals surface area contributed by atoms with Gasteiger partial charge in [-0.3, -0.25) is 0 Å². The van der Waals surface area contributed by atoms with Gasteiger partial charge in [-0.1, -0.05) is 30.3 Å². The van der Waals surface area contributed by atoms with Crippen LogP contribution in [0, 0.1) is 0 Å². The quantitative estimate of drug-likeness (QED) is 0.857. The first kappa shape index (κ1) is 13.2. The van der Waals surface area contributed by atoms with Crippen LogP contribution in [0.5, 0.6) is 0 Å². The van der Waals surface area contributed by atoms with Gasteiger partial charge in [-0.25, -0.2) is 4.98 Å². The van der Waals surface area contributed by atoms with E-state index in [1.54, 1.807) is 11.3 Å². The van der Waals surface area contributed by atoms with Crippen LogP contribution in [0.25, 0.3) is 0 Å². The van der Waals surface area contributed by atoms with E-state index in [-0.39, 0.29) is 5.54 Å². The lowest BCUT2D eigenvalue weighted by atomic mass is 9.95. The second-order valence-corrected chi connectivity index (χ2v) is 6.13. The van der Waals surface area contributed by atoms with Crippen LogP contribution in [0.4, 0.5) is 0 Å². The zero-order chi connectivity index (χ0) is 12.8. The zero-order valence-corrected chi connectivity index (χ0v) is 11.8. The van der Waals surface area contributed by atoms with Crippen molar-refractivity contribution >= 4 is 11.3 Å². The molecule has 2 rings (SSSR count). The van der Waals surface area contributed by atoms with Gasteiger partial charge in [0.1, 0.15) is 5.01 Å². The molecule has 18 heavy (non-hydrogen) atoms. The van der Waals surface area contributed by atoms with Crippen LogP contribution in [-0.4, -0.2) is 10.5 Å². The molecular formula is C15H20N2S. The van der Waals surface area contributed by atoms with E-state index >= 15 is 0 Å². The highest BCUT2D eigenvalue weighted by atomic mass is 32.1. The van der Waals surface area contributed by atoms with Crippen molar-refractivity contribution in [1.29, 1.82) is 0 Å². The highest BCUT2D eigenvalue weighted by Gasteiger charge is 2.16. The fourth-order valence-electron chi connectivity index (χ4n) is 1.85. The molecule has 0 radical (unpaired) electrons. The maximum Gasteiger partial charge on any atom is 0.106 e. The monoisotopic (exact) mass is 260 g/mol. The van der Waals surface area contributed by atoms with Gasteiger partial charge in [0.15, 0.2) is 0 Å². The highest BCUT2D eigenvalue weighted by molar-refractivity contribution is 7.09. The van der Waals surface area contributed by atoms with Gasteiger partial charge in [-0.2, -0.15) is 0 Å². The number of nitrogens with zero attached hydrogens (tertiary/aromatic N) is 1. The summed E-state index contributed by atoms with van der Waals surface area (Å²) in [5.74, 6) is 0. The van der Waals surface area contributed by atoms with Crippen LogP contribution in [-0.2, 0) is 13.0 Å². The topological polar surface area (TPSA) is 24.9 Å². The Morgan fingerprint density at radius 2 is 2.00 bits per heavy atom. The Morgan fingerprint density at radius 3 is 2.67 bits per heavy atom. The normalized spacial score (nSPS) is 11.7. The molecule has 1 aromatic heterocycles. The predicted octanol–water partition coefficient (Wildman–Crippen LogP) is 3.64. The minimum absolute atomic E-state index is 0.140. The molecule has 0 amide bonds. The zero-order valence-electron chi connectivity index (χ0n) is 11.0. The van der Waals surface area contributed by atoms with Crippen molar-refractivity contribution in [2.45, 2.75) is 38.8 Å². The van der Waals surface area contributed by atoms with Gasteiger partial charge in [0, 0.05) is 23.7 Å². The summed E-state index contributed by atoms with van der Waals surface area (Å²) in [7, 11) is 0. The number of hydrogen-bond acceptors (Lipinski definition) is 3. The maximum absolute atomic E-state index is 4.29. The molecule has 1 N–H and O–H groups in total. The molecule has 96 valence electrons. The molecule has 1 heterocycles. The van der Waals surface area contributed by atoms with Crippen molar-refractivity contribution in [1.82, 2.24) is 10.3 Å². The van der Waals surface area contributed by atoms with Crippen molar-refractivity contribution in [2.75, 3.05) is 0 Å². The highest BCUT2D eigenvalue weighted by Crippen LogP contribution is 2.15. The van der Waals surface area contributed by atoms with Gasteiger partial charge in [-0.15, -0.1) is 11.3 Å². The summed E-state index contributed by atoms with van der Waals surface area (Å²) < 4.78 is 0. The number of aryl methyl sites for hydroxylation is 1. The van der Waals surface area contributed by atoms with Crippen LogP contribution in [0.1, 0.15) is 30.8 Å². The number of aromatic nitrogens is 1. The summed E-state index contributed by atoms with van der Waals surface area (Å²) in [5, 5.41) is 6.76. The lowest BCUT2D eigenvalue weighted by Crippen LogP contribution is -2.39. The summed E-state index contributed by atoms with van der Waals surface area (Å²) in [6.07, 6.45) is 4.10. The molecule has 0 saturated carbocycles. The molecular weight excluding hydrogens is 240 g/mol. The third kappa shape index (κ3) is 4.24. The summed E-state index contributed by atoms with van der Waals surface area (Å²) in [6.45, 7) is 5.37. The standard InChI is InChI=1S/C15H20N2S/c1-15(2,17-12-14-16-10-11-18-14)9-8-13-6-4-3-5-7-13/h3-7,10-11,17H,8-9,12H2,1-2H3. The first-order chi connectivity index (χ1) is 8.66. The van der Waals surface area contributed by atoms with E-state index in [0.29, 0.717) is 0 Å². The van der Waals surface area contributed by atoms with E-state index in [4.69, 9.17) is 0 Å². The maximum atomic E-state index is 4.29. The van der Waals surface area contributed by atoms with Crippen molar-refractivity contribution in [3.05, 3.63) is 52.5 Å². The number of benzene rings is 1. The van der Waals surface area contributed by atoms with E-state index in [9.17, 15) is 0 Å². The molecule has 0 fully saturated rings. The Morgan fingerprint density at radius 1 is 1.22 bits per heavy atom. The Hall–Kier alpha value is -1.19.